The molecule has 1 aromatic rings. The molecule has 9 heteroatoms. The number of methoxy groups -OCH3 is 1. The van der Waals surface area contributed by atoms with E-state index in [4.69, 9.17) is 31.3 Å². The van der Waals surface area contributed by atoms with Gasteiger partial charge in [0.05, 0.1) is 7.11 Å². The highest BCUT2D eigenvalue weighted by Gasteiger charge is 2.51. The minimum Gasteiger partial charge on any atom is -0.497 e. The molecule has 0 aliphatic heterocycles. The van der Waals surface area contributed by atoms with Gasteiger partial charge in [-0.25, -0.2) is 0 Å². The van der Waals surface area contributed by atoms with Gasteiger partial charge in [-0.2, -0.15) is 0 Å². The van der Waals surface area contributed by atoms with Gasteiger partial charge in [0.25, 0.3) is 0 Å². The van der Waals surface area contributed by atoms with Gasteiger partial charge in [0.15, 0.2) is 0 Å². The van der Waals surface area contributed by atoms with Crippen LogP contribution in [0.15, 0.2) is 18.2 Å². The summed E-state index contributed by atoms with van der Waals surface area (Å²) in [4.78, 5) is 0. The number of rotatable bonds is 9. The monoisotopic (exact) mass is 348 g/mol. The highest BCUT2D eigenvalue weighted by molar-refractivity contribution is 6.86. The number of ether oxygens (including phenoxy) is 1. The summed E-state index contributed by atoms with van der Waals surface area (Å²) < 4.78 is 38.8. The minimum atomic E-state index is -3.13. The van der Waals surface area contributed by atoms with Crippen molar-refractivity contribution < 1.29 is 31.3 Å². The van der Waals surface area contributed by atoms with Crippen LogP contribution >= 0.6 is 0 Å². The highest BCUT2D eigenvalue weighted by Crippen LogP contribution is 2.16. The zero-order valence-electron chi connectivity index (χ0n) is 14.1. The Morgan fingerprint density at radius 2 is 1.00 bits per heavy atom. The van der Waals surface area contributed by atoms with Crippen molar-refractivity contribution in [3.63, 3.8) is 0 Å². The van der Waals surface area contributed by atoms with Crippen LogP contribution in [0.3, 0.4) is 0 Å². The Kier molecular flexibility index (Phi) is 7.16. The first-order chi connectivity index (χ1) is 10.5. The smallest absolute Gasteiger partial charge is 0.497 e. The third kappa shape index (κ3) is 3.26. The second-order valence-corrected chi connectivity index (χ2v) is 10.0. The number of benzene rings is 1. The average molecular weight is 349 g/mol. The molecule has 0 spiro atoms. The molecule has 0 amide bonds. The molecular weight excluding hydrogens is 324 g/mol. The molecule has 0 atom stereocenters. The van der Waals surface area contributed by atoms with E-state index in [0.29, 0.717) is 10.9 Å². The molecule has 0 N–H and O–H groups in total. The lowest BCUT2D eigenvalue weighted by atomic mass is 10.3. The number of hydrogen-bond donors (Lipinski definition) is 0. The maximum Gasteiger partial charge on any atom is 0.536 e. The second kappa shape index (κ2) is 8.17. The van der Waals surface area contributed by atoms with Crippen LogP contribution in [-0.4, -0.2) is 67.4 Å². The Labute approximate surface area is 133 Å². The van der Waals surface area contributed by atoms with Crippen LogP contribution in [0.4, 0.5) is 0 Å². The fraction of sp³-hybridized carbons (Fsp3) is 0.538. The molecule has 7 nitrogen and oxygen atoms in total. The van der Waals surface area contributed by atoms with E-state index < -0.39 is 17.6 Å². The van der Waals surface area contributed by atoms with Crippen molar-refractivity contribution in [2.24, 2.45) is 0 Å². The molecule has 0 aliphatic rings. The standard InChI is InChI=1S/C13H24O7Si2/c1-14-11-8-9-12(21(15-2,16-3)17-4)13(10-11)22(18-5,19-6)20-7/h8-10H,1-7H3. The zero-order valence-corrected chi connectivity index (χ0v) is 16.1. The topological polar surface area (TPSA) is 64.6 Å². The van der Waals surface area contributed by atoms with Gasteiger partial charge in [0, 0.05) is 53.0 Å². The molecule has 0 heterocycles. The first-order valence-corrected chi connectivity index (χ1v) is 9.97. The summed E-state index contributed by atoms with van der Waals surface area (Å²) in [6, 6.07) is 5.43. The predicted octanol–water partition coefficient (Wildman–Crippen LogP) is -0.135. The van der Waals surface area contributed by atoms with Crippen LogP contribution in [0.5, 0.6) is 5.75 Å². The molecule has 0 radical (unpaired) electrons. The second-order valence-electron chi connectivity index (χ2n) is 4.25. The molecule has 0 aliphatic carbocycles. The lowest BCUT2D eigenvalue weighted by Crippen LogP contribution is -2.68. The van der Waals surface area contributed by atoms with Crippen LogP contribution in [0.2, 0.25) is 0 Å². The van der Waals surface area contributed by atoms with Crippen molar-refractivity contribution in [2.45, 2.75) is 0 Å². The van der Waals surface area contributed by atoms with E-state index in [1.54, 1.807) is 40.6 Å². The van der Waals surface area contributed by atoms with Gasteiger partial charge in [-0.05, 0) is 12.1 Å². The average Bonchev–Trinajstić information content (AvgIpc) is 2.59. The Balaban J connectivity index is 3.65. The van der Waals surface area contributed by atoms with Crippen LogP contribution < -0.4 is 15.1 Å². The van der Waals surface area contributed by atoms with Gasteiger partial charge < -0.3 is 31.3 Å². The van der Waals surface area contributed by atoms with Crippen molar-refractivity contribution in [1.29, 1.82) is 0 Å². The fourth-order valence-electron chi connectivity index (χ4n) is 2.33. The van der Waals surface area contributed by atoms with Gasteiger partial charge in [0.2, 0.25) is 0 Å². The van der Waals surface area contributed by atoms with Gasteiger partial charge in [-0.15, -0.1) is 0 Å². The first kappa shape index (κ1) is 19.3. The highest BCUT2D eigenvalue weighted by atomic mass is 28.4. The van der Waals surface area contributed by atoms with E-state index in [9.17, 15) is 0 Å². The molecule has 1 rings (SSSR count). The summed E-state index contributed by atoms with van der Waals surface area (Å²) in [5.41, 5.74) is 0. The van der Waals surface area contributed by atoms with Crippen molar-refractivity contribution in [2.75, 3.05) is 49.8 Å². The maximum atomic E-state index is 5.59. The normalized spacial score (nSPS) is 12.5. The van der Waals surface area contributed by atoms with Crippen molar-refractivity contribution >= 4 is 28.0 Å². The van der Waals surface area contributed by atoms with Crippen LogP contribution in [0.1, 0.15) is 0 Å². The van der Waals surface area contributed by atoms with Crippen LogP contribution in [0, 0.1) is 0 Å². The molecule has 0 saturated carbocycles. The molecule has 0 saturated heterocycles. The van der Waals surface area contributed by atoms with Crippen LogP contribution in [-0.2, 0) is 26.6 Å². The third-order valence-corrected chi connectivity index (χ3v) is 9.14. The summed E-state index contributed by atoms with van der Waals surface area (Å²) in [6.07, 6.45) is 0. The van der Waals surface area contributed by atoms with E-state index in [2.05, 4.69) is 0 Å². The molecule has 0 unspecified atom stereocenters. The van der Waals surface area contributed by atoms with E-state index in [1.807, 2.05) is 6.07 Å². The lowest BCUT2D eigenvalue weighted by Gasteiger charge is -2.32. The molecular formula is C13H24O7Si2. The summed E-state index contributed by atoms with van der Waals surface area (Å²) in [5, 5.41) is 1.41. The summed E-state index contributed by atoms with van der Waals surface area (Å²) in [7, 11) is 4.62. The van der Waals surface area contributed by atoms with Crippen molar-refractivity contribution in [3.05, 3.63) is 18.2 Å². The molecule has 0 fully saturated rings. The SMILES string of the molecule is COc1ccc([Si](OC)(OC)OC)c([Si](OC)(OC)OC)c1. The molecule has 22 heavy (non-hydrogen) atoms. The molecule has 0 bridgehead atoms. The Morgan fingerprint density at radius 1 is 0.591 bits per heavy atom. The first-order valence-electron chi connectivity index (χ1n) is 6.52. The Hall–Kier alpha value is -0.786. The molecule has 0 aromatic heterocycles. The molecule has 1 aromatic carbocycles. The van der Waals surface area contributed by atoms with E-state index in [0.717, 1.165) is 5.19 Å². The quantitative estimate of drug-likeness (QED) is 0.576. The van der Waals surface area contributed by atoms with Gasteiger partial charge >= 0.3 is 17.6 Å². The summed E-state index contributed by atoms with van der Waals surface area (Å²) in [6.45, 7) is 0. The van der Waals surface area contributed by atoms with Gasteiger partial charge in [-0.1, -0.05) is 6.07 Å². The molecule has 126 valence electrons. The fourth-order valence-corrected chi connectivity index (χ4v) is 6.99. The maximum absolute atomic E-state index is 5.59. The largest absolute Gasteiger partial charge is 0.536 e. The lowest BCUT2D eigenvalue weighted by molar-refractivity contribution is 0.135. The van der Waals surface area contributed by atoms with Crippen LogP contribution in [0.25, 0.3) is 0 Å². The summed E-state index contributed by atoms with van der Waals surface area (Å²) in [5.74, 6) is 0.646. The van der Waals surface area contributed by atoms with E-state index in [-0.39, 0.29) is 0 Å². The predicted molar refractivity (Wildman–Crippen MR) is 85.8 cm³/mol. The number of hydrogen-bond acceptors (Lipinski definition) is 7. The van der Waals surface area contributed by atoms with Gasteiger partial charge in [0.1, 0.15) is 5.75 Å². The van der Waals surface area contributed by atoms with E-state index >= 15 is 0 Å². The van der Waals surface area contributed by atoms with E-state index in [1.165, 1.54) is 21.3 Å². The summed E-state index contributed by atoms with van der Waals surface area (Å²) >= 11 is 0. The van der Waals surface area contributed by atoms with Crippen molar-refractivity contribution in [3.8, 4) is 5.75 Å². The third-order valence-electron chi connectivity index (χ3n) is 3.50. The minimum absolute atomic E-state index is 0.646. The Bertz CT molecular complexity index is 459. The Morgan fingerprint density at radius 3 is 1.36 bits per heavy atom. The zero-order chi connectivity index (χ0) is 16.8. The van der Waals surface area contributed by atoms with Crippen molar-refractivity contribution in [1.82, 2.24) is 0 Å². The van der Waals surface area contributed by atoms with Gasteiger partial charge in [-0.3, -0.25) is 0 Å².